The van der Waals surface area contributed by atoms with Gasteiger partial charge in [0, 0.05) is 44.5 Å². The lowest BCUT2D eigenvalue weighted by atomic mass is 9.83. The van der Waals surface area contributed by atoms with Crippen molar-refractivity contribution in [2.45, 2.75) is 39.2 Å². The molecule has 2 aliphatic rings. The summed E-state index contributed by atoms with van der Waals surface area (Å²) in [6, 6.07) is 0.296. The molecule has 1 aromatic heterocycles. The first-order chi connectivity index (χ1) is 10.6. The van der Waals surface area contributed by atoms with E-state index >= 15 is 0 Å². The van der Waals surface area contributed by atoms with Crippen LogP contribution in [0.25, 0.3) is 0 Å². The van der Waals surface area contributed by atoms with Crippen LogP contribution in [0.1, 0.15) is 43.7 Å². The number of hydrogen-bond donors (Lipinski definition) is 1. The number of carbonyl (C=O) groups excluding carboxylic acids is 2. The van der Waals surface area contributed by atoms with Crippen molar-refractivity contribution in [1.29, 1.82) is 0 Å². The molecule has 0 saturated carbocycles. The van der Waals surface area contributed by atoms with E-state index in [0.29, 0.717) is 36.7 Å². The van der Waals surface area contributed by atoms with Gasteiger partial charge in [-0.25, -0.2) is 4.98 Å². The Morgan fingerprint density at radius 1 is 1.45 bits per heavy atom. The summed E-state index contributed by atoms with van der Waals surface area (Å²) < 4.78 is 0. The van der Waals surface area contributed by atoms with Gasteiger partial charge in [-0.05, 0) is 24.7 Å². The topological polar surface area (TPSA) is 69.3 Å². The smallest absolute Gasteiger partial charge is 0.289 e. The first kappa shape index (κ1) is 15.1. The monoisotopic (exact) mass is 304 g/mol. The Hall–Kier alpha value is -1.85. The summed E-state index contributed by atoms with van der Waals surface area (Å²) in [6.07, 6.45) is 5.64. The number of fused-ring (bicyclic) bond motifs is 1. The lowest BCUT2D eigenvalue weighted by molar-refractivity contribution is -0.141. The normalized spacial score (nSPS) is 25.5. The number of piperidine rings is 2. The second-order valence-corrected chi connectivity index (χ2v) is 6.78. The summed E-state index contributed by atoms with van der Waals surface area (Å²) in [7, 11) is 0. The van der Waals surface area contributed by atoms with Crippen LogP contribution in [0, 0.1) is 11.8 Å². The van der Waals surface area contributed by atoms with Gasteiger partial charge in [0.05, 0.1) is 0 Å². The Balaban J connectivity index is 1.69. The number of hydrogen-bond acceptors (Lipinski definition) is 3. The van der Waals surface area contributed by atoms with Crippen LogP contribution in [0.4, 0.5) is 0 Å². The number of amides is 2. The molecule has 0 spiro atoms. The van der Waals surface area contributed by atoms with Gasteiger partial charge < -0.3 is 14.8 Å². The summed E-state index contributed by atoms with van der Waals surface area (Å²) in [5.41, 5.74) is 0. The predicted molar refractivity (Wildman–Crippen MR) is 82.2 cm³/mol. The molecule has 120 valence electrons. The van der Waals surface area contributed by atoms with Crippen LogP contribution < -0.4 is 0 Å². The highest BCUT2D eigenvalue weighted by Crippen LogP contribution is 2.32. The number of likely N-dealkylation sites (tertiary alicyclic amines) is 2. The first-order valence-electron chi connectivity index (χ1n) is 8.14. The van der Waals surface area contributed by atoms with Crippen molar-refractivity contribution >= 4 is 11.8 Å². The molecule has 2 amide bonds. The molecule has 2 saturated heterocycles. The highest BCUT2D eigenvalue weighted by molar-refractivity contribution is 5.90. The average Bonchev–Trinajstić information content (AvgIpc) is 3.03. The Labute approximate surface area is 130 Å². The number of rotatable bonds is 3. The zero-order chi connectivity index (χ0) is 15.7. The van der Waals surface area contributed by atoms with E-state index in [-0.39, 0.29) is 11.8 Å². The highest BCUT2D eigenvalue weighted by atomic mass is 16.2. The molecule has 22 heavy (non-hydrogen) atoms. The number of imidazole rings is 1. The third kappa shape index (κ3) is 2.87. The summed E-state index contributed by atoms with van der Waals surface area (Å²) >= 11 is 0. The van der Waals surface area contributed by atoms with Gasteiger partial charge in [0.15, 0.2) is 5.82 Å². The molecule has 6 nitrogen and oxygen atoms in total. The number of H-pyrrole nitrogens is 1. The van der Waals surface area contributed by atoms with Crippen molar-refractivity contribution in [3.8, 4) is 0 Å². The van der Waals surface area contributed by atoms with E-state index in [0.717, 1.165) is 25.9 Å². The molecule has 0 aliphatic carbocycles. The van der Waals surface area contributed by atoms with E-state index in [1.165, 1.54) is 0 Å². The molecule has 6 heteroatoms. The van der Waals surface area contributed by atoms with E-state index in [4.69, 9.17) is 0 Å². The number of aromatic nitrogens is 2. The van der Waals surface area contributed by atoms with Gasteiger partial charge in [0.1, 0.15) is 0 Å². The molecule has 0 unspecified atom stereocenters. The first-order valence-corrected chi connectivity index (χ1v) is 8.14. The lowest BCUT2D eigenvalue weighted by Gasteiger charge is -2.47. The maximum atomic E-state index is 12.4. The van der Waals surface area contributed by atoms with Crippen LogP contribution in [0.5, 0.6) is 0 Å². The fourth-order valence-electron chi connectivity index (χ4n) is 3.70. The van der Waals surface area contributed by atoms with Crippen LogP contribution in [-0.4, -0.2) is 57.3 Å². The molecular weight excluding hydrogens is 280 g/mol. The second kappa shape index (κ2) is 6.10. The molecule has 0 bridgehead atoms. The fraction of sp³-hybridized carbons (Fsp3) is 0.688. The van der Waals surface area contributed by atoms with E-state index in [2.05, 4.69) is 28.7 Å². The van der Waals surface area contributed by atoms with E-state index in [1.54, 1.807) is 12.4 Å². The largest absolute Gasteiger partial charge is 0.341 e. The van der Waals surface area contributed by atoms with Gasteiger partial charge in [-0.15, -0.1) is 0 Å². The van der Waals surface area contributed by atoms with Gasteiger partial charge in [-0.2, -0.15) is 0 Å². The maximum Gasteiger partial charge on any atom is 0.289 e. The minimum Gasteiger partial charge on any atom is -0.341 e. The van der Waals surface area contributed by atoms with Gasteiger partial charge in [-0.3, -0.25) is 9.59 Å². The van der Waals surface area contributed by atoms with E-state index < -0.39 is 0 Å². The van der Waals surface area contributed by atoms with Crippen LogP contribution in [-0.2, 0) is 4.79 Å². The third-order valence-electron chi connectivity index (χ3n) is 4.69. The van der Waals surface area contributed by atoms with Gasteiger partial charge in [0.25, 0.3) is 5.91 Å². The molecule has 2 aliphatic heterocycles. The molecule has 1 N–H and O–H groups in total. The van der Waals surface area contributed by atoms with Crippen molar-refractivity contribution in [1.82, 2.24) is 19.8 Å². The zero-order valence-corrected chi connectivity index (χ0v) is 13.3. The molecule has 0 radical (unpaired) electrons. The minimum atomic E-state index is -0.0317. The Morgan fingerprint density at radius 3 is 2.95 bits per heavy atom. The summed E-state index contributed by atoms with van der Waals surface area (Å²) in [6.45, 7) is 6.54. The summed E-state index contributed by atoms with van der Waals surface area (Å²) in [5, 5.41) is 0. The third-order valence-corrected chi connectivity index (χ3v) is 4.69. The number of carbonyl (C=O) groups is 2. The molecule has 3 rings (SSSR count). The SMILES string of the molecule is CC(C)CN1C(=O)CC[C@H]2CN(C(=O)c3ncc[nH]3)CC[C@H]21. The molecule has 3 heterocycles. The maximum absolute atomic E-state index is 12.4. The quantitative estimate of drug-likeness (QED) is 0.920. The molecule has 0 aromatic carbocycles. The number of nitrogens with one attached hydrogen (secondary N) is 1. The second-order valence-electron chi connectivity index (χ2n) is 6.78. The van der Waals surface area contributed by atoms with Crippen LogP contribution in [0.2, 0.25) is 0 Å². The number of aromatic amines is 1. The van der Waals surface area contributed by atoms with Crippen molar-refractivity contribution in [2.24, 2.45) is 11.8 Å². The van der Waals surface area contributed by atoms with Crippen LogP contribution in [0.15, 0.2) is 12.4 Å². The highest BCUT2D eigenvalue weighted by Gasteiger charge is 2.40. The Morgan fingerprint density at radius 2 is 2.27 bits per heavy atom. The van der Waals surface area contributed by atoms with Crippen molar-refractivity contribution in [2.75, 3.05) is 19.6 Å². The van der Waals surface area contributed by atoms with Crippen molar-refractivity contribution in [3.63, 3.8) is 0 Å². The van der Waals surface area contributed by atoms with Crippen LogP contribution >= 0.6 is 0 Å². The van der Waals surface area contributed by atoms with Crippen molar-refractivity contribution in [3.05, 3.63) is 18.2 Å². The lowest BCUT2D eigenvalue weighted by Crippen LogP contribution is -2.57. The standard InChI is InChI=1S/C16H24N4O2/c1-11(2)9-20-13-5-8-19(10-12(13)3-4-14(20)21)16(22)15-17-6-7-18-15/h6-7,11-13H,3-5,8-10H2,1-2H3,(H,17,18)/t12-,13+/m0/s1. The zero-order valence-electron chi connectivity index (χ0n) is 13.3. The molecular formula is C16H24N4O2. The predicted octanol–water partition coefficient (Wildman–Crippen LogP) is 1.52. The van der Waals surface area contributed by atoms with Crippen LogP contribution in [0.3, 0.4) is 0 Å². The minimum absolute atomic E-state index is 0.0317. The van der Waals surface area contributed by atoms with Crippen molar-refractivity contribution < 1.29 is 9.59 Å². The fourth-order valence-corrected chi connectivity index (χ4v) is 3.70. The van der Waals surface area contributed by atoms with E-state index in [1.807, 2.05) is 4.90 Å². The van der Waals surface area contributed by atoms with E-state index in [9.17, 15) is 9.59 Å². The molecule has 2 atom stereocenters. The molecule has 1 aromatic rings. The van der Waals surface area contributed by atoms with Gasteiger partial charge >= 0.3 is 0 Å². The Kier molecular flexibility index (Phi) is 4.18. The summed E-state index contributed by atoms with van der Waals surface area (Å²) in [4.78, 5) is 35.5. The van der Waals surface area contributed by atoms with Gasteiger partial charge in [0.2, 0.25) is 5.91 Å². The Bertz CT molecular complexity index is 540. The average molecular weight is 304 g/mol. The van der Waals surface area contributed by atoms with Gasteiger partial charge in [-0.1, -0.05) is 13.8 Å². The number of nitrogens with zero attached hydrogens (tertiary/aromatic N) is 3. The summed E-state index contributed by atoms with van der Waals surface area (Å²) in [5.74, 6) is 1.52. The molecule has 2 fully saturated rings.